The monoisotopic (exact) mass is 429 g/mol. The van der Waals surface area contributed by atoms with Crippen LogP contribution < -0.4 is 0 Å². The Hall–Kier alpha value is -3.64. The van der Waals surface area contributed by atoms with Gasteiger partial charge < -0.3 is 19.5 Å². The number of para-hydroxylation sites is 1. The molecule has 2 unspecified atom stereocenters. The highest BCUT2D eigenvalue weighted by Gasteiger charge is 2.40. The second-order valence-corrected chi connectivity index (χ2v) is 8.43. The Balaban J connectivity index is 1.75. The molecule has 0 aliphatic carbocycles. The Morgan fingerprint density at radius 1 is 1.06 bits per heavy atom. The molecular weight excluding hydrogens is 409 g/mol. The fourth-order valence-corrected chi connectivity index (χ4v) is 5.42. The Morgan fingerprint density at radius 3 is 2.66 bits per heavy atom. The van der Waals surface area contributed by atoms with Gasteiger partial charge in [0.05, 0.1) is 17.7 Å². The van der Waals surface area contributed by atoms with Gasteiger partial charge >= 0.3 is 5.97 Å². The summed E-state index contributed by atoms with van der Waals surface area (Å²) in [6.07, 6.45) is 0.771. The smallest absolute Gasteiger partial charge is 0.335 e. The largest absolute Gasteiger partial charge is 0.506 e. The van der Waals surface area contributed by atoms with E-state index in [4.69, 9.17) is 4.74 Å². The lowest BCUT2D eigenvalue weighted by Gasteiger charge is -2.39. The van der Waals surface area contributed by atoms with E-state index < -0.39 is 5.97 Å². The summed E-state index contributed by atoms with van der Waals surface area (Å²) >= 11 is 0. The fraction of sp³-hybridized carbons (Fsp3) is 0.192. The molecule has 0 amide bonds. The highest BCUT2D eigenvalue weighted by atomic mass is 19.1. The second-order valence-electron chi connectivity index (χ2n) is 8.43. The standard InChI is InChI=1S/C26H20FNO4/c27-16-7-4-14(5-8-16)23-18-2-1-3-22(29)24(18)28-21-9-6-15(26(30)31)12-19(21)20-13-32-11-10-17(20)25(23)28/h1-9,12,17,20,29H,10-11,13H2,(H,30,31). The molecule has 2 aliphatic heterocycles. The van der Waals surface area contributed by atoms with Crippen molar-refractivity contribution in [3.05, 3.63) is 83.3 Å². The van der Waals surface area contributed by atoms with Gasteiger partial charge in [-0.25, -0.2) is 9.18 Å². The molecule has 2 N–H and O–H groups in total. The van der Waals surface area contributed by atoms with Gasteiger partial charge in [-0.3, -0.25) is 0 Å². The number of phenols is 1. The first-order valence-electron chi connectivity index (χ1n) is 10.6. The maximum atomic E-state index is 13.7. The molecule has 160 valence electrons. The molecule has 5 nitrogen and oxygen atoms in total. The van der Waals surface area contributed by atoms with Crippen molar-refractivity contribution in [3.63, 3.8) is 0 Å². The lowest BCUT2D eigenvalue weighted by atomic mass is 9.76. The molecule has 1 aromatic heterocycles. The third-order valence-electron chi connectivity index (χ3n) is 6.76. The van der Waals surface area contributed by atoms with Crippen LogP contribution in [0, 0.1) is 5.82 Å². The molecule has 0 saturated carbocycles. The van der Waals surface area contributed by atoms with Crippen molar-refractivity contribution < 1.29 is 24.1 Å². The zero-order chi connectivity index (χ0) is 22.0. The molecule has 1 saturated heterocycles. The van der Waals surface area contributed by atoms with Gasteiger partial charge in [0.1, 0.15) is 11.6 Å². The van der Waals surface area contributed by atoms with Crippen molar-refractivity contribution in [1.82, 2.24) is 4.57 Å². The number of carboxylic acid groups (broad SMARTS) is 1. The molecule has 6 heteroatoms. The zero-order valence-electron chi connectivity index (χ0n) is 17.1. The number of aromatic nitrogens is 1. The highest BCUT2D eigenvalue weighted by Crippen LogP contribution is 2.53. The van der Waals surface area contributed by atoms with E-state index in [1.807, 2.05) is 18.2 Å². The first kappa shape index (κ1) is 19.1. The number of phenolic OH excluding ortho intramolecular Hbond substituents is 1. The predicted molar refractivity (Wildman–Crippen MR) is 118 cm³/mol. The number of rotatable bonds is 2. The molecule has 0 spiro atoms. The Morgan fingerprint density at radius 2 is 1.88 bits per heavy atom. The van der Waals surface area contributed by atoms with Gasteiger partial charge in [0.2, 0.25) is 0 Å². The molecule has 0 radical (unpaired) electrons. The number of carbonyl (C=O) groups is 1. The summed E-state index contributed by atoms with van der Waals surface area (Å²) in [6, 6.07) is 17.0. The van der Waals surface area contributed by atoms with E-state index >= 15 is 0 Å². The van der Waals surface area contributed by atoms with Crippen molar-refractivity contribution in [2.45, 2.75) is 18.3 Å². The fourth-order valence-electron chi connectivity index (χ4n) is 5.42. The number of nitrogens with zero attached hydrogens (tertiary/aromatic N) is 1. The van der Waals surface area contributed by atoms with Crippen LogP contribution in [0.15, 0.2) is 60.7 Å². The van der Waals surface area contributed by atoms with Gasteiger partial charge in [-0.05, 0) is 53.9 Å². The molecule has 3 heterocycles. The molecule has 1 fully saturated rings. The molecule has 4 aromatic rings. The number of hydrogen-bond acceptors (Lipinski definition) is 3. The van der Waals surface area contributed by atoms with Gasteiger partial charge in [0, 0.05) is 40.8 Å². The van der Waals surface area contributed by atoms with Gasteiger partial charge in [-0.1, -0.05) is 24.3 Å². The van der Waals surface area contributed by atoms with E-state index in [2.05, 4.69) is 4.57 Å². The third kappa shape index (κ3) is 2.63. The van der Waals surface area contributed by atoms with Gasteiger partial charge in [-0.2, -0.15) is 0 Å². The third-order valence-corrected chi connectivity index (χ3v) is 6.76. The molecule has 0 bridgehead atoms. The first-order chi connectivity index (χ1) is 15.5. The van der Waals surface area contributed by atoms with E-state index in [0.29, 0.717) is 18.7 Å². The summed E-state index contributed by atoms with van der Waals surface area (Å²) in [6.45, 7) is 1.10. The number of aromatic hydroxyl groups is 1. The number of carboxylic acids is 1. The van der Waals surface area contributed by atoms with Crippen LogP contribution in [0.5, 0.6) is 5.75 Å². The van der Waals surface area contributed by atoms with E-state index in [0.717, 1.165) is 39.9 Å². The average molecular weight is 429 g/mol. The number of benzene rings is 3. The minimum Gasteiger partial charge on any atom is -0.506 e. The number of ether oxygens (including phenoxy) is 1. The van der Waals surface area contributed by atoms with Crippen LogP contribution in [0.2, 0.25) is 0 Å². The average Bonchev–Trinajstić information content (AvgIpc) is 3.16. The minimum absolute atomic E-state index is 0.00352. The second kappa shape index (κ2) is 6.93. The predicted octanol–water partition coefficient (Wildman–Crippen LogP) is 5.44. The van der Waals surface area contributed by atoms with Crippen LogP contribution in [-0.2, 0) is 4.74 Å². The van der Waals surface area contributed by atoms with Crippen molar-refractivity contribution in [2.24, 2.45) is 0 Å². The molecule has 2 aliphatic rings. The van der Waals surface area contributed by atoms with E-state index in [9.17, 15) is 19.4 Å². The normalized spacial score (nSPS) is 19.3. The number of aromatic carboxylic acids is 1. The highest BCUT2D eigenvalue weighted by molar-refractivity contribution is 6.03. The molecule has 32 heavy (non-hydrogen) atoms. The van der Waals surface area contributed by atoms with Gasteiger partial charge in [0.15, 0.2) is 0 Å². The number of halogens is 1. The first-order valence-corrected chi connectivity index (χ1v) is 10.6. The maximum Gasteiger partial charge on any atom is 0.335 e. The van der Waals surface area contributed by atoms with Crippen LogP contribution >= 0.6 is 0 Å². The van der Waals surface area contributed by atoms with E-state index in [1.165, 1.54) is 12.1 Å². The summed E-state index contributed by atoms with van der Waals surface area (Å²) in [5, 5.41) is 21.3. The van der Waals surface area contributed by atoms with Crippen LogP contribution in [0.4, 0.5) is 4.39 Å². The lowest BCUT2D eigenvalue weighted by Crippen LogP contribution is -2.31. The van der Waals surface area contributed by atoms with Gasteiger partial charge in [0.25, 0.3) is 0 Å². The van der Waals surface area contributed by atoms with Gasteiger partial charge in [-0.15, -0.1) is 0 Å². The van der Waals surface area contributed by atoms with E-state index in [1.54, 1.807) is 30.3 Å². The summed E-state index contributed by atoms with van der Waals surface area (Å²) in [4.78, 5) is 11.7. The zero-order valence-corrected chi connectivity index (χ0v) is 17.1. The minimum atomic E-state index is -0.973. The van der Waals surface area contributed by atoms with Crippen molar-refractivity contribution >= 4 is 16.9 Å². The summed E-state index contributed by atoms with van der Waals surface area (Å²) in [7, 11) is 0. The Kier molecular flexibility index (Phi) is 4.13. The van der Waals surface area contributed by atoms with Crippen LogP contribution in [0.1, 0.15) is 39.9 Å². The summed E-state index contributed by atoms with van der Waals surface area (Å²) < 4.78 is 21.6. The van der Waals surface area contributed by atoms with Crippen LogP contribution in [0.3, 0.4) is 0 Å². The summed E-state index contributed by atoms with van der Waals surface area (Å²) in [5.41, 5.74) is 5.57. The Labute approximate surface area is 183 Å². The van der Waals surface area contributed by atoms with Crippen LogP contribution in [0.25, 0.3) is 27.7 Å². The molecule has 3 aromatic carbocycles. The SMILES string of the molecule is O=C(O)c1ccc2c(c1)C1COCCC1c1c(-c3ccc(F)cc3)c3cccc(O)c3n1-2. The summed E-state index contributed by atoms with van der Waals surface area (Å²) in [5.74, 6) is -1.05. The van der Waals surface area contributed by atoms with Crippen molar-refractivity contribution in [3.8, 4) is 22.6 Å². The topological polar surface area (TPSA) is 71.7 Å². The molecule has 2 atom stereocenters. The lowest BCUT2D eigenvalue weighted by molar-refractivity contribution is 0.0643. The number of fused-ring (bicyclic) bond motifs is 8. The molecular formula is C26H20FNO4. The quantitative estimate of drug-likeness (QED) is 0.445. The molecule has 6 rings (SSSR count). The van der Waals surface area contributed by atoms with Crippen molar-refractivity contribution in [2.75, 3.05) is 13.2 Å². The number of hydrogen-bond donors (Lipinski definition) is 2. The maximum absolute atomic E-state index is 13.7. The van der Waals surface area contributed by atoms with Crippen molar-refractivity contribution in [1.29, 1.82) is 0 Å². The van der Waals surface area contributed by atoms with E-state index in [-0.39, 0.29) is 29.0 Å². The van der Waals surface area contributed by atoms with Crippen LogP contribution in [-0.4, -0.2) is 34.0 Å². The Bertz CT molecular complexity index is 1390.